The lowest BCUT2D eigenvalue weighted by atomic mass is 10.2. The predicted octanol–water partition coefficient (Wildman–Crippen LogP) is 7.20. The monoisotopic (exact) mass is 533 g/mol. The second-order valence-electron chi connectivity index (χ2n) is 7.23. The number of alkyl halides is 1. The number of aromatic nitrogens is 2. The van der Waals surface area contributed by atoms with Crippen LogP contribution in [0, 0.1) is 0 Å². The standard InChI is InChI=1S/C20H25N3O5.C5H10.C3H5Cl/c1-5-8-13(4)21-18(24)17-16(20(25)27-7-3)19(23-22-17)28-15-11-9-14(10-12-15)26-6-2;1-3-5-4-2;1-2-3-4/h9-12H,4-8H2,1-3H3,(H,21,24)(H,22,23);3,5H,4H2,1-2H3;2H,1,3H2/b;5-3-;. The highest BCUT2D eigenvalue weighted by atomic mass is 35.5. The summed E-state index contributed by atoms with van der Waals surface area (Å²) in [5.41, 5.74) is 0.355. The van der Waals surface area contributed by atoms with Crippen molar-refractivity contribution in [1.82, 2.24) is 15.5 Å². The SMILES string of the molecule is C/C=C\CC.C=C(CCC)NC(=O)c1n[nH]c(Oc2ccc(OCC)cc2)c1C(=O)OCC.C=CCCl. The zero-order valence-corrected chi connectivity index (χ0v) is 23.3. The van der Waals surface area contributed by atoms with Crippen LogP contribution in [0.3, 0.4) is 0 Å². The van der Waals surface area contributed by atoms with E-state index in [9.17, 15) is 9.59 Å². The molecule has 37 heavy (non-hydrogen) atoms. The van der Waals surface area contributed by atoms with Gasteiger partial charge in [-0.05, 0) is 57.9 Å². The lowest BCUT2D eigenvalue weighted by Gasteiger charge is -2.09. The van der Waals surface area contributed by atoms with Crippen LogP contribution in [0.5, 0.6) is 17.4 Å². The molecule has 2 N–H and O–H groups in total. The number of H-pyrrole nitrogens is 1. The molecule has 1 aromatic carbocycles. The summed E-state index contributed by atoms with van der Waals surface area (Å²) in [6.45, 7) is 17.5. The maximum absolute atomic E-state index is 12.5. The van der Waals surface area contributed by atoms with Crippen molar-refractivity contribution in [2.45, 2.75) is 53.9 Å². The van der Waals surface area contributed by atoms with Gasteiger partial charge in [-0.3, -0.25) is 4.79 Å². The molecule has 0 saturated carbocycles. The fourth-order valence-corrected chi connectivity index (χ4v) is 2.66. The van der Waals surface area contributed by atoms with E-state index in [1.54, 1.807) is 37.3 Å². The molecule has 2 rings (SSSR count). The van der Waals surface area contributed by atoms with E-state index in [0.29, 0.717) is 36.1 Å². The molecule has 1 heterocycles. The van der Waals surface area contributed by atoms with E-state index in [1.807, 2.05) is 20.8 Å². The van der Waals surface area contributed by atoms with Gasteiger partial charge in [-0.15, -0.1) is 18.2 Å². The Balaban J connectivity index is 0.00000124. The van der Waals surface area contributed by atoms with Crippen molar-refractivity contribution in [2.75, 3.05) is 19.1 Å². The van der Waals surface area contributed by atoms with Crippen molar-refractivity contribution in [3.05, 3.63) is 72.6 Å². The van der Waals surface area contributed by atoms with Crippen LogP contribution in [0.15, 0.2) is 61.3 Å². The molecule has 0 unspecified atom stereocenters. The predicted molar refractivity (Wildman–Crippen MR) is 150 cm³/mol. The largest absolute Gasteiger partial charge is 0.494 e. The zero-order valence-electron chi connectivity index (χ0n) is 22.6. The number of benzene rings is 1. The molecule has 0 aliphatic rings. The first kappa shape index (κ1) is 33.5. The molecule has 0 spiro atoms. The first-order chi connectivity index (χ1) is 17.8. The van der Waals surface area contributed by atoms with E-state index in [0.717, 1.165) is 12.8 Å². The van der Waals surface area contributed by atoms with Gasteiger partial charge >= 0.3 is 5.97 Å². The fraction of sp³-hybridized carbons (Fsp3) is 0.393. The number of amides is 1. The molecule has 204 valence electrons. The quantitative estimate of drug-likeness (QED) is 0.170. The van der Waals surface area contributed by atoms with E-state index in [4.69, 9.17) is 25.8 Å². The molecule has 1 amide bonds. The van der Waals surface area contributed by atoms with Gasteiger partial charge in [-0.2, -0.15) is 5.10 Å². The van der Waals surface area contributed by atoms with Crippen molar-refractivity contribution < 1.29 is 23.8 Å². The Morgan fingerprint density at radius 2 is 1.73 bits per heavy atom. The molecule has 2 aromatic rings. The molecule has 8 nitrogen and oxygen atoms in total. The van der Waals surface area contributed by atoms with E-state index < -0.39 is 11.9 Å². The van der Waals surface area contributed by atoms with Gasteiger partial charge in [0.25, 0.3) is 5.91 Å². The number of allylic oxidation sites excluding steroid dienone is 4. The number of rotatable bonds is 12. The molecular weight excluding hydrogens is 494 g/mol. The Hall–Kier alpha value is -3.52. The van der Waals surface area contributed by atoms with Gasteiger partial charge in [-0.25, -0.2) is 9.89 Å². The number of esters is 1. The molecule has 0 radical (unpaired) electrons. The van der Waals surface area contributed by atoms with Gasteiger partial charge in [0.05, 0.1) is 13.2 Å². The van der Waals surface area contributed by atoms with E-state index >= 15 is 0 Å². The van der Waals surface area contributed by atoms with Gasteiger partial charge in [0, 0.05) is 11.6 Å². The summed E-state index contributed by atoms with van der Waals surface area (Å²) in [7, 11) is 0. The summed E-state index contributed by atoms with van der Waals surface area (Å²) in [5.74, 6) is 0.455. The summed E-state index contributed by atoms with van der Waals surface area (Å²) in [6, 6.07) is 6.84. The third-order valence-electron chi connectivity index (χ3n) is 4.20. The minimum atomic E-state index is -0.705. The van der Waals surface area contributed by atoms with Crippen molar-refractivity contribution in [3.63, 3.8) is 0 Å². The Morgan fingerprint density at radius 1 is 1.11 bits per heavy atom. The number of hydrogen-bond donors (Lipinski definition) is 2. The first-order valence-electron chi connectivity index (χ1n) is 12.3. The number of carbonyl (C=O) groups excluding carboxylic acids is 2. The molecule has 0 saturated heterocycles. The average Bonchev–Trinajstić information content (AvgIpc) is 3.30. The molecule has 0 aliphatic heterocycles. The Bertz CT molecular complexity index is 984. The summed E-state index contributed by atoms with van der Waals surface area (Å²) in [6.07, 6.45) is 8.44. The van der Waals surface area contributed by atoms with Gasteiger partial charge in [0.2, 0.25) is 5.88 Å². The topological polar surface area (TPSA) is 103 Å². The normalized spacial score (nSPS) is 9.78. The van der Waals surface area contributed by atoms with Crippen LogP contribution >= 0.6 is 11.6 Å². The van der Waals surface area contributed by atoms with Crippen LogP contribution in [0.2, 0.25) is 0 Å². The highest BCUT2D eigenvalue weighted by molar-refractivity contribution is 6.18. The minimum absolute atomic E-state index is 0.0221. The summed E-state index contributed by atoms with van der Waals surface area (Å²) < 4.78 is 16.2. The van der Waals surface area contributed by atoms with E-state index in [-0.39, 0.29) is 23.7 Å². The smallest absolute Gasteiger partial charge is 0.346 e. The maximum Gasteiger partial charge on any atom is 0.346 e. The van der Waals surface area contributed by atoms with Crippen molar-refractivity contribution >= 4 is 23.5 Å². The lowest BCUT2D eigenvalue weighted by molar-refractivity contribution is 0.0520. The van der Waals surface area contributed by atoms with Gasteiger partial charge in [-0.1, -0.05) is 45.1 Å². The summed E-state index contributed by atoms with van der Waals surface area (Å²) >= 11 is 5.07. The van der Waals surface area contributed by atoms with Crippen LogP contribution in [-0.2, 0) is 4.74 Å². The van der Waals surface area contributed by atoms with Crippen molar-refractivity contribution in [1.29, 1.82) is 0 Å². The molecule has 0 aliphatic carbocycles. The number of nitrogens with zero attached hydrogens (tertiary/aromatic N) is 1. The van der Waals surface area contributed by atoms with Crippen LogP contribution in [0.4, 0.5) is 0 Å². The molecule has 1 aromatic heterocycles. The van der Waals surface area contributed by atoms with Crippen molar-refractivity contribution in [3.8, 4) is 17.4 Å². The number of ether oxygens (including phenoxy) is 3. The van der Waals surface area contributed by atoms with Crippen LogP contribution < -0.4 is 14.8 Å². The fourth-order valence-electron chi connectivity index (χ4n) is 2.66. The molecular formula is C28H40ClN3O5. The van der Waals surface area contributed by atoms with Crippen LogP contribution in [-0.4, -0.2) is 41.2 Å². The third kappa shape index (κ3) is 13.4. The van der Waals surface area contributed by atoms with Crippen molar-refractivity contribution in [2.24, 2.45) is 0 Å². The van der Waals surface area contributed by atoms with Crippen LogP contribution in [0.1, 0.15) is 74.7 Å². The molecule has 9 heteroatoms. The van der Waals surface area contributed by atoms with Gasteiger partial charge in [0.1, 0.15) is 11.5 Å². The number of halogens is 1. The highest BCUT2D eigenvalue weighted by Gasteiger charge is 2.28. The highest BCUT2D eigenvalue weighted by Crippen LogP contribution is 2.28. The van der Waals surface area contributed by atoms with Gasteiger partial charge < -0.3 is 19.5 Å². The minimum Gasteiger partial charge on any atom is -0.494 e. The van der Waals surface area contributed by atoms with E-state index in [1.165, 1.54) is 0 Å². The Labute approximate surface area is 225 Å². The van der Waals surface area contributed by atoms with E-state index in [2.05, 4.69) is 47.7 Å². The summed E-state index contributed by atoms with van der Waals surface area (Å²) in [5, 5.41) is 9.18. The van der Waals surface area contributed by atoms with Gasteiger partial charge in [0.15, 0.2) is 11.3 Å². The number of hydrogen-bond acceptors (Lipinski definition) is 6. The average molecular weight is 534 g/mol. The molecule has 0 fully saturated rings. The number of nitrogens with one attached hydrogen (secondary N) is 2. The maximum atomic E-state index is 12.5. The Kier molecular flexibility index (Phi) is 18.7. The first-order valence-corrected chi connectivity index (χ1v) is 12.8. The summed E-state index contributed by atoms with van der Waals surface area (Å²) in [4.78, 5) is 24.9. The molecule has 0 atom stereocenters. The zero-order chi connectivity index (χ0) is 28.1. The molecule has 0 bridgehead atoms. The number of aromatic amines is 1. The second kappa shape index (κ2) is 20.7. The van der Waals surface area contributed by atoms with Crippen LogP contribution in [0.25, 0.3) is 0 Å². The Morgan fingerprint density at radius 3 is 2.19 bits per heavy atom. The lowest BCUT2D eigenvalue weighted by Crippen LogP contribution is -2.25. The second-order valence-corrected chi connectivity index (χ2v) is 7.54. The third-order valence-corrected chi connectivity index (χ3v) is 4.42. The number of carbonyl (C=O) groups is 2.